The number of anilines is 1. The molecule has 1 aliphatic heterocycles. The lowest BCUT2D eigenvalue weighted by Gasteiger charge is -2.22. The summed E-state index contributed by atoms with van der Waals surface area (Å²) in [5, 5.41) is 17.5. The maximum absolute atomic E-state index is 14.1. The van der Waals surface area contributed by atoms with E-state index in [2.05, 4.69) is 15.4 Å². The van der Waals surface area contributed by atoms with Gasteiger partial charge in [0.05, 0.1) is 18.8 Å². The SMILES string of the molecule is CC.CCN(CCCC1CCc2c1c(=O)n1nc(C3=CCOCC3)nc1n2CC(=O)Nc1ccc(C(F)(F)F)cc1C(C)C)C(=O)c1ncccc1O. The van der Waals surface area contributed by atoms with Gasteiger partial charge in [0, 0.05) is 36.2 Å². The fraction of sp³-hybridized carbons (Fsp3) is 0.474. The van der Waals surface area contributed by atoms with Crippen LogP contribution in [0.1, 0.15) is 111 Å². The summed E-state index contributed by atoms with van der Waals surface area (Å²) in [6.45, 7) is 10.8. The number of aromatic hydroxyl groups is 1. The number of fused-ring (bicyclic) bond motifs is 2. The lowest BCUT2D eigenvalue weighted by atomic mass is 9.97. The molecule has 1 aromatic carbocycles. The summed E-state index contributed by atoms with van der Waals surface area (Å²) in [5.41, 5.74) is 1.50. The molecule has 0 bridgehead atoms. The Bertz CT molecular complexity index is 2050. The predicted octanol–water partition coefficient (Wildman–Crippen LogP) is 6.57. The van der Waals surface area contributed by atoms with Crippen LogP contribution < -0.4 is 10.9 Å². The van der Waals surface area contributed by atoms with Gasteiger partial charge in [-0.05, 0) is 92.3 Å². The number of alkyl halides is 3. The van der Waals surface area contributed by atoms with Gasteiger partial charge in [-0.15, -0.1) is 5.10 Å². The van der Waals surface area contributed by atoms with Gasteiger partial charge in [0.25, 0.3) is 11.5 Å². The summed E-state index contributed by atoms with van der Waals surface area (Å²) in [6, 6.07) is 6.23. The van der Waals surface area contributed by atoms with Crippen LogP contribution in [-0.2, 0) is 28.7 Å². The zero-order valence-electron chi connectivity index (χ0n) is 30.7. The van der Waals surface area contributed by atoms with Crippen LogP contribution in [-0.4, -0.2) is 72.3 Å². The standard InChI is InChI=1S/C36H40F3N7O5.C2H6/c1-4-44(34(50)31-28(47)8-5-15-40-31)16-6-7-22-9-12-27-30(22)33(49)46-35(42-32(43-46)23-13-17-51-18-14-23)45(27)20-29(48)41-26-11-10-24(36(37,38)39)19-25(26)21(2)3;1-2/h5,8,10-11,13,15,19,21-22,47H,4,6-7,9,12,14,16-18,20H2,1-3H3,(H,41,48);1-2H3. The number of pyridine rings is 1. The molecular weight excluding hydrogens is 691 g/mol. The number of halogens is 3. The van der Waals surface area contributed by atoms with Crippen molar-refractivity contribution in [2.24, 2.45) is 0 Å². The van der Waals surface area contributed by atoms with Gasteiger partial charge < -0.3 is 24.6 Å². The summed E-state index contributed by atoms with van der Waals surface area (Å²) in [4.78, 5) is 51.2. The largest absolute Gasteiger partial charge is 0.505 e. The van der Waals surface area contributed by atoms with Crippen molar-refractivity contribution >= 4 is 28.9 Å². The van der Waals surface area contributed by atoms with E-state index in [1.165, 1.54) is 22.8 Å². The highest BCUT2D eigenvalue weighted by Crippen LogP contribution is 2.36. The Morgan fingerprint density at radius 1 is 1.17 bits per heavy atom. The van der Waals surface area contributed by atoms with Crippen LogP contribution in [0.2, 0.25) is 0 Å². The minimum absolute atomic E-state index is 0.0208. The molecule has 2 aliphatic rings. The number of hydrogen-bond donors (Lipinski definition) is 2. The maximum Gasteiger partial charge on any atom is 0.416 e. The lowest BCUT2D eigenvalue weighted by molar-refractivity contribution is -0.137. The third-order valence-corrected chi connectivity index (χ3v) is 9.49. The molecule has 284 valence electrons. The molecular formula is C38H46F3N7O5. The average molecular weight is 738 g/mol. The Morgan fingerprint density at radius 3 is 2.60 bits per heavy atom. The van der Waals surface area contributed by atoms with Gasteiger partial charge in [0.1, 0.15) is 12.3 Å². The second kappa shape index (κ2) is 16.7. The first-order chi connectivity index (χ1) is 25.4. The van der Waals surface area contributed by atoms with Gasteiger partial charge in [-0.25, -0.2) is 4.98 Å². The van der Waals surface area contributed by atoms with Gasteiger partial charge in [-0.1, -0.05) is 33.8 Å². The molecule has 4 heterocycles. The molecule has 1 atom stereocenters. The molecule has 0 radical (unpaired) electrons. The van der Waals surface area contributed by atoms with Crippen molar-refractivity contribution in [1.82, 2.24) is 29.0 Å². The van der Waals surface area contributed by atoms with Gasteiger partial charge in [0.2, 0.25) is 11.7 Å². The number of ether oxygens (including phenoxy) is 1. The van der Waals surface area contributed by atoms with Crippen molar-refractivity contribution in [2.75, 3.05) is 31.6 Å². The summed E-state index contributed by atoms with van der Waals surface area (Å²) >= 11 is 0. The molecule has 0 spiro atoms. The van der Waals surface area contributed by atoms with Gasteiger partial charge >= 0.3 is 6.18 Å². The number of nitrogens with one attached hydrogen (secondary N) is 1. The Morgan fingerprint density at radius 2 is 1.94 bits per heavy atom. The molecule has 0 saturated carbocycles. The first kappa shape index (κ1) is 39.2. The number of carbonyl (C=O) groups is 2. The van der Waals surface area contributed by atoms with Crippen LogP contribution >= 0.6 is 0 Å². The summed E-state index contributed by atoms with van der Waals surface area (Å²) < 4.78 is 48.8. The average Bonchev–Trinajstić information content (AvgIpc) is 3.79. The number of benzene rings is 1. The number of rotatable bonds is 11. The molecule has 53 heavy (non-hydrogen) atoms. The molecule has 3 aromatic heterocycles. The molecule has 4 aromatic rings. The van der Waals surface area contributed by atoms with E-state index in [-0.39, 0.29) is 52.8 Å². The summed E-state index contributed by atoms with van der Waals surface area (Å²) in [7, 11) is 0. The predicted molar refractivity (Wildman–Crippen MR) is 194 cm³/mol. The lowest BCUT2D eigenvalue weighted by Crippen LogP contribution is -2.33. The number of hydrogen-bond acceptors (Lipinski definition) is 8. The highest BCUT2D eigenvalue weighted by molar-refractivity contribution is 5.94. The number of aromatic nitrogens is 5. The molecule has 0 saturated heterocycles. The topological polar surface area (TPSA) is 144 Å². The van der Waals surface area contributed by atoms with Crippen molar-refractivity contribution in [3.8, 4) is 5.75 Å². The maximum atomic E-state index is 14.1. The van der Waals surface area contributed by atoms with Crippen LogP contribution in [0, 0.1) is 0 Å². The van der Waals surface area contributed by atoms with E-state index < -0.39 is 17.6 Å². The van der Waals surface area contributed by atoms with Crippen LogP contribution in [0.15, 0.2) is 47.4 Å². The third-order valence-electron chi connectivity index (χ3n) is 9.49. The first-order valence-electron chi connectivity index (χ1n) is 18.1. The molecule has 12 nitrogen and oxygen atoms in total. The minimum atomic E-state index is -4.53. The molecule has 1 aliphatic carbocycles. The van der Waals surface area contributed by atoms with Crippen LogP contribution in [0.4, 0.5) is 18.9 Å². The second-order valence-electron chi connectivity index (χ2n) is 13.1. The fourth-order valence-corrected chi connectivity index (χ4v) is 6.88. The number of nitrogens with zero attached hydrogens (tertiary/aromatic N) is 6. The Balaban J connectivity index is 0.00000266. The molecule has 0 fully saturated rings. The zero-order chi connectivity index (χ0) is 38.4. The van der Waals surface area contributed by atoms with E-state index in [0.29, 0.717) is 81.1 Å². The van der Waals surface area contributed by atoms with Crippen molar-refractivity contribution < 1.29 is 32.6 Å². The van der Waals surface area contributed by atoms with Crippen LogP contribution in [0.25, 0.3) is 11.4 Å². The first-order valence-corrected chi connectivity index (χ1v) is 18.1. The van der Waals surface area contributed by atoms with E-state index in [9.17, 15) is 32.7 Å². The quantitative estimate of drug-likeness (QED) is 0.176. The van der Waals surface area contributed by atoms with Gasteiger partial charge in [-0.3, -0.25) is 14.4 Å². The van der Waals surface area contributed by atoms with Crippen LogP contribution in [0.5, 0.6) is 5.75 Å². The van der Waals surface area contributed by atoms with Gasteiger partial charge in [0.15, 0.2) is 11.5 Å². The third kappa shape index (κ3) is 8.45. The van der Waals surface area contributed by atoms with Gasteiger partial charge in [-0.2, -0.15) is 22.7 Å². The number of carbonyl (C=O) groups excluding carboxylic acids is 2. The van der Waals surface area contributed by atoms with Crippen molar-refractivity contribution in [1.29, 1.82) is 0 Å². The minimum Gasteiger partial charge on any atom is -0.505 e. The number of amides is 2. The molecule has 1 unspecified atom stereocenters. The monoisotopic (exact) mass is 737 g/mol. The highest BCUT2D eigenvalue weighted by atomic mass is 19.4. The molecule has 2 N–H and O–H groups in total. The zero-order valence-corrected chi connectivity index (χ0v) is 30.7. The smallest absolute Gasteiger partial charge is 0.416 e. The molecule has 15 heteroatoms. The van der Waals surface area contributed by atoms with Crippen molar-refractivity contribution in [2.45, 2.75) is 91.3 Å². The second-order valence-corrected chi connectivity index (χ2v) is 13.1. The summed E-state index contributed by atoms with van der Waals surface area (Å²) in [5.74, 6) is -0.980. The normalized spacial score (nSPS) is 15.5. The molecule has 6 rings (SSSR count). The Hall–Kier alpha value is -5.05. The highest BCUT2D eigenvalue weighted by Gasteiger charge is 2.34. The molecule has 2 amide bonds. The summed E-state index contributed by atoms with van der Waals surface area (Å²) in [6.07, 6.45) is 1.61. The Labute approximate surface area is 305 Å². The van der Waals surface area contributed by atoms with Crippen molar-refractivity contribution in [3.63, 3.8) is 0 Å². The van der Waals surface area contributed by atoms with E-state index in [4.69, 9.17) is 9.72 Å². The van der Waals surface area contributed by atoms with E-state index in [0.717, 1.165) is 17.7 Å². The van der Waals surface area contributed by atoms with Crippen LogP contribution in [0.3, 0.4) is 0 Å². The Kier molecular flexibility index (Phi) is 12.4. The van der Waals surface area contributed by atoms with E-state index in [1.807, 2.05) is 26.8 Å². The van der Waals surface area contributed by atoms with Crippen molar-refractivity contribution in [3.05, 3.63) is 86.9 Å². The van der Waals surface area contributed by atoms with E-state index in [1.54, 1.807) is 29.4 Å². The van der Waals surface area contributed by atoms with E-state index >= 15 is 0 Å². The fourth-order valence-electron chi connectivity index (χ4n) is 6.88.